The summed E-state index contributed by atoms with van der Waals surface area (Å²) >= 11 is 0. The third-order valence-electron chi connectivity index (χ3n) is 5.40. The summed E-state index contributed by atoms with van der Waals surface area (Å²) in [5.41, 5.74) is 4.49. The number of ether oxygens (including phenoxy) is 1. The van der Waals surface area contributed by atoms with Crippen LogP contribution >= 0.6 is 0 Å². The van der Waals surface area contributed by atoms with Crippen molar-refractivity contribution in [3.05, 3.63) is 59.7 Å². The number of carbonyl (C=O) groups excluding carboxylic acids is 2. The van der Waals surface area contributed by atoms with Gasteiger partial charge in [0.15, 0.2) is 5.78 Å². The van der Waals surface area contributed by atoms with Gasteiger partial charge in [-0.05, 0) is 35.1 Å². The first-order chi connectivity index (χ1) is 13.8. The van der Waals surface area contributed by atoms with Crippen LogP contribution in [-0.2, 0) is 14.3 Å². The Morgan fingerprint density at radius 2 is 1.48 bits per heavy atom. The van der Waals surface area contributed by atoms with Crippen molar-refractivity contribution in [2.75, 3.05) is 6.61 Å². The highest BCUT2D eigenvalue weighted by Gasteiger charge is 2.31. The van der Waals surface area contributed by atoms with Crippen molar-refractivity contribution >= 4 is 23.2 Å². The molecule has 2 aromatic carbocycles. The van der Waals surface area contributed by atoms with Gasteiger partial charge in [0.25, 0.3) is 0 Å². The maximum Gasteiger partial charge on any atom is 0.311 e. The van der Waals surface area contributed by atoms with Crippen molar-refractivity contribution in [1.82, 2.24) is 0 Å². The van der Waals surface area contributed by atoms with E-state index >= 15 is 0 Å². The molecule has 1 aliphatic carbocycles. The van der Waals surface area contributed by atoms with Gasteiger partial charge in [0.2, 0.25) is 0 Å². The fraction of sp³-hybridized carbons (Fsp3) is 0.333. The molecule has 0 saturated carbocycles. The molecule has 2 N–H and O–H groups in total. The van der Waals surface area contributed by atoms with Crippen LogP contribution in [-0.4, -0.2) is 29.8 Å². The Hall–Kier alpha value is -3.08. The Morgan fingerprint density at radius 1 is 0.966 bits per heavy atom. The summed E-state index contributed by atoms with van der Waals surface area (Å²) in [4.78, 5) is 24.7. The number of ketones is 1. The van der Waals surface area contributed by atoms with Gasteiger partial charge in [-0.3, -0.25) is 9.59 Å². The van der Waals surface area contributed by atoms with Crippen LogP contribution in [0, 0.1) is 22.7 Å². The quantitative estimate of drug-likeness (QED) is 0.508. The number of esters is 1. The van der Waals surface area contributed by atoms with Gasteiger partial charge in [0, 0.05) is 11.6 Å². The molecule has 0 radical (unpaired) electrons. The highest BCUT2D eigenvalue weighted by atomic mass is 16.5. The van der Waals surface area contributed by atoms with Crippen LogP contribution < -0.4 is 0 Å². The summed E-state index contributed by atoms with van der Waals surface area (Å²) in [5, 5.41) is 15.8. The van der Waals surface area contributed by atoms with Crippen molar-refractivity contribution in [3.8, 4) is 11.1 Å². The van der Waals surface area contributed by atoms with E-state index in [4.69, 9.17) is 15.6 Å². The second-order valence-corrected chi connectivity index (χ2v) is 7.82. The largest absolute Gasteiger partial charge is 0.464 e. The van der Waals surface area contributed by atoms with Gasteiger partial charge in [-0.25, -0.2) is 0 Å². The SMILES string of the molecule is CC(=N)C(=O)C(C(=N)CC(=O)OCC1c2ccccc2-c2ccccc21)C(C)C. The second kappa shape index (κ2) is 8.52. The van der Waals surface area contributed by atoms with E-state index in [2.05, 4.69) is 24.3 Å². The third-order valence-corrected chi connectivity index (χ3v) is 5.40. The molecule has 3 rings (SSSR count). The van der Waals surface area contributed by atoms with Gasteiger partial charge in [-0.2, -0.15) is 0 Å². The molecule has 0 aromatic heterocycles. The number of hydrogen-bond donors (Lipinski definition) is 2. The molecule has 0 saturated heterocycles. The predicted molar refractivity (Wildman–Crippen MR) is 114 cm³/mol. The molecule has 5 nitrogen and oxygen atoms in total. The number of hydrogen-bond acceptors (Lipinski definition) is 5. The van der Waals surface area contributed by atoms with E-state index in [9.17, 15) is 9.59 Å². The minimum absolute atomic E-state index is 0.00817. The molecular formula is C24H26N2O3. The van der Waals surface area contributed by atoms with Crippen LogP contribution in [0.1, 0.15) is 44.2 Å². The van der Waals surface area contributed by atoms with Crippen molar-refractivity contribution in [1.29, 1.82) is 10.8 Å². The standard InChI is InChI=1S/C24H26N2O3/c1-14(2)23(24(28)15(3)25)21(26)12-22(27)29-13-20-18-10-6-4-8-16(18)17-9-5-7-11-19(17)20/h4-11,14,20,23,25-26H,12-13H2,1-3H3. The molecule has 0 bridgehead atoms. The monoisotopic (exact) mass is 390 g/mol. The molecule has 150 valence electrons. The zero-order valence-electron chi connectivity index (χ0n) is 17.0. The zero-order chi connectivity index (χ0) is 21.1. The van der Waals surface area contributed by atoms with Gasteiger partial charge in [-0.15, -0.1) is 0 Å². The van der Waals surface area contributed by atoms with Gasteiger partial charge < -0.3 is 15.6 Å². The van der Waals surface area contributed by atoms with E-state index < -0.39 is 17.7 Å². The van der Waals surface area contributed by atoms with Gasteiger partial charge in [0.05, 0.1) is 18.1 Å². The third kappa shape index (κ3) is 4.19. The molecule has 29 heavy (non-hydrogen) atoms. The van der Waals surface area contributed by atoms with Crippen LogP contribution in [0.2, 0.25) is 0 Å². The highest BCUT2D eigenvalue weighted by Crippen LogP contribution is 2.44. The average molecular weight is 390 g/mol. The molecule has 1 atom stereocenters. The van der Waals surface area contributed by atoms with Crippen LogP contribution in [0.3, 0.4) is 0 Å². The zero-order valence-corrected chi connectivity index (χ0v) is 17.0. The normalized spacial score (nSPS) is 13.5. The number of benzene rings is 2. The first-order valence-corrected chi connectivity index (χ1v) is 9.81. The van der Waals surface area contributed by atoms with Crippen LogP contribution in [0.15, 0.2) is 48.5 Å². The number of rotatable bonds is 8. The number of Topliss-reactive ketones (excluding diaryl/α,β-unsaturated/α-hetero) is 1. The molecule has 1 aliphatic rings. The summed E-state index contributed by atoms with van der Waals surface area (Å²) in [5.74, 6) is -1.87. The van der Waals surface area contributed by atoms with Crippen molar-refractivity contribution in [3.63, 3.8) is 0 Å². The highest BCUT2D eigenvalue weighted by molar-refractivity contribution is 6.42. The lowest BCUT2D eigenvalue weighted by atomic mass is 9.84. The van der Waals surface area contributed by atoms with E-state index in [-0.39, 0.29) is 36.3 Å². The molecule has 0 amide bonds. The molecule has 2 aromatic rings. The Balaban J connectivity index is 1.69. The van der Waals surface area contributed by atoms with Crippen LogP contribution in [0.25, 0.3) is 11.1 Å². The van der Waals surface area contributed by atoms with Gasteiger partial charge in [-0.1, -0.05) is 62.4 Å². The number of carbonyl (C=O) groups is 2. The van der Waals surface area contributed by atoms with Crippen molar-refractivity contribution in [2.45, 2.75) is 33.1 Å². The lowest BCUT2D eigenvalue weighted by Crippen LogP contribution is -2.34. The molecular weight excluding hydrogens is 364 g/mol. The molecule has 0 fully saturated rings. The van der Waals surface area contributed by atoms with Crippen molar-refractivity contribution in [2.24, 2.45) is 11.8 Å². The molecule has 0 spiro atoms. The fourth-order valence-corrected chi connectivity index (χ4v) is 4.03. The minimum Gasteiger partial charge on any atom is -0.464 e. The van der Waals surface area contributed by atoms with E-state index in [0.717, 1.165) is 22.3 Å². The number of fused-ring (bicyclic) bond motifs is 3. The second-order valence-electron chi connectivity index (χ2n) is 7.82. The Labute approximate surface area is 171 Å². The Bertz CT molecular complexity index is 932. The summed E-state index contributed by atoms with van der Waals surface area (Å²) < 4.78 is 5.54. The van der Waals surface area contributed by atoms with E-state index in [0.29, 0.717) is 0 Å². The van der Waals surface area contributed by atoms with E-state index in [1.54, 1.807) is 0 Å². The maximum atomic E-state index is 12.4. The first kappa shape index (κ1) is 20.6. The van der Waals surface area contributed by atoms with Gasteiger partial charge in [0.1, 0.15) is 6.61 Å². The summed E-state index contributed by atoms with van der Waals surface area (Å²) in [6, 6.07) is 16.2. The van der Waals surface area contributed by atoms with Crippen molar-refractivity contribution < 1.29 is 14.3 Å². The minimum atomic E-state index is -0.756. The molecule has 0 aliphatic heterocycles. The fourth-order valence-electron chi connectivity index (χ4n) is 4.03. The molecule has 5 heteroatoms. The average Bonchev–Trinajstić information content (AvgIpc) is 3.00. The lowest BCUT2D eigenvalue weighted by molar-refractivity contribution is -0.142. The summed E-state index contributed by atoms with van der Waals surface area (Å²) in [7, 11) is 0. The molecule has 0 heterocycles. The van der Waals surface area contributed by atoms with Crippen LogP contribution in [0.5, 0.6) is 0 Å². The first-order valence-electron chi connectivity index (χ1n) is 9.81. The van der Waals surface area contributed by atoms with E-state index in [1.807, 2.05) is 38.1 Å². The summed E-state index contributed by atoms with van der Waals surface area (Å²) in [6.07, 6.45) is -0.238. The predicted octanol–water partition coefficient (Wildman–Crippen LogP) is 4.63. The lowest BCUT2D eigenvalue weighted by Gasteiger charge is -2.20. The van der Waals surface area contributed by atoms with E-state index in [1.165, 1.54) is 6.92 Å². The smallest absolute Gasteiger partial charge is 0.311 e. The summed E-state index contributed by atoms with van der Waals surface area (Å²) in [6.45, 7) is 5.25. The topological polar surface area (TPSA) is 91.1 Å². The van der Waals surface area contributed by atoms with Gasteiger partial charge >= 0.3 is 5.97 Å². The Kier molecular flexibility index (Phi) is 6.06. The Morgan fingerprint density at radius 3 is 1.97 bits per heavy atom. The van der Waals surface area contributed by atoms with Crippen LogP contribution in [0.4, 0.5) is 0 Å². The number of nitrogens with one attached hydrogen (secondary N) is 2. The molecule has 1 unspecified atom stereocenters. The maximum absolute atomic E-state index is 12.4.